The summed E-state index contributed by atoms with van der Waals surface area (Å²) in [6.45, 7) is 1.86. The van der Waals surface area contributed by atoms with Crippen LogP contribution in [0.25, 0.3) is 0 Å². The van der Waals surface area contributed by atoms with Crippen molar-refractivity contribution in [3.63, 3.8) is 0 Å². The summed E-state index contributed by atoms with van der Waals surface area (Å²) in [6.07, 6.45) is 7.59. The van der Waals surface area contributed by atoms with Crippen LogP contribution in [0, 0.1) is 0 Å². The largest absolute Gasteiger partial charge is 0.497 e. The van der Waals surface area contributed by atoms with Gasteiger partial charge in [0.15, 0.2) is 0 Å². The molecule has 0 amide bonds. The van der Waals surface area contributed by atoms with E-state index in [1.165, 1.54) is 37.7 Å². The van der Waals surface area contributed by atoms with Gasteiger partial charge in [-0.05, 0) is 44.0 Å². The lowest BCUT2D eigenvalue weighted by molar-refractivity contribution is 0.0838. The van der Waals surface area contributed by atoms with E-state index >= 15 is 0 Å². The van der Waals surface area contributed by atoms with Gasteiger partial charge in [-0.25, -0.2) is 0 Å². The molecule has 1 aromatic carbocycles. The van der Waals surface area contributed by atoms with Gasteiger partial charge in [0.25, 0.3) is 0 Å². The Morgan fingerprint density at radius 2 is 1.80 bits per heavy atom. The van der Waals surface area contributed by atoms with Crippen molar-refractivity contribution in [1.29, 1.82) is 0 Å². The van der Waals surface area contributed by atoms with Crippen LogP contribution in [0.15, 0.2) is 24.3 Å². The Bertz CT molecular complexity index is 396. The molecule has 1 fully saturated rings. The molecule has 0 saturated heterocycles. The van der Waals surface area contributed by atoms with Crippen LogP contribution in [-0.4, -0.2) is 37.7 Å². The summed E-state index contributed by atoms with van der Waals surface area (Å²) >= 11 is 0. The lowest BCUT2D eigenvalue weighted by Crippen LogP contribution is -2.53. The van der Waals surface area contributed by atoms with Crippen LogP contribution in [0.5, 0.6) is 5.75 Å². The average Bonchev–Trinajstić information content (AvgIpc) is 2.53. The Morgan fingerprint density at radius 3 is 2.35 bits per heavy atom. The molecule has 2 rings (SSSR count). The molecule has 0 radical (unpaired) electrons. The van der Waals surface area contributed by atoms with E-state index < -0.39 is 0 Å². The summed E-state index contributed by atoms with van der Waals surface area (Å²) in [5.74, 6) is 0.924. The van der Waals surface area contributed by atoms with Crippen molar-refractivity contribution in [3.8, 4) is 5.75 Å². The van der Waals surface area contributed by atoms with Crippen molar-refractivity contribution in [1.82, 2.24) is 4.90 Å². The van der Waals surface area contributed by atoms with Crippen molar-refractivity contribution in [2.75, 3.05) is 27.2 Å². The van der Waals surface area contributed by atoms with Gasteiger partial charge in [0, 0.05) is 18.6 Å². The fourth-order valence-electron chi connectivity index (χ4n) is 3.28. The lowest BCUT2D eigenvalue weighted by Gasteiger charge is -2.44. The van der Waals surface area contributed by atoms with Gasteiger partial charge in [0.2, 0.25) is 0 Å². The maximum atomic E-state index is 6.09. The molecule has 3 nitrogen and oxygen atoms in total. The minimum Gasteiger partial charge on any atom is -0.497 e. The number of nitrogens with two attached hydrogens (primary N) is 1. The summed E-state index contributed by atoms with van der Waals surface area (Å²) in [5, 5.41) is 0. The highest BCUT2D eigenvalue weighted by Gasteiger charge is 2.34. The van der Waals surface area contributed by atoms with E-state index in [1.807, 2.05) is 12.1 Å². The lowest BCUT2D eigenvalue weighted by atomic mass is 9.80. The van der Waals surface area contributed by atoms with Crippen molar-refractivity contribution < 1.29 is 4.74 Å². The van der Waals surface area contributed by atoms with E-state index in [-0.39, 0.29) is 5.54 Å². The Hall–Kier alpha value is -1.06. The molecule has 0 heterocycles. The molecule has 1 saturated carbocycles. The summed E-state index contributed by atoms with van der Waals surface area (Å²) in [7, 11) is 3.94. The van der Waals surface area contributed by atoms with Gasteiger partial charge in [-0.3, -0.25) is 4.90 Å². The second-order valence-corrected chi connectivity index (χ2v) is 6.01. The molecule has 0 spiro atoms. The number of benzene rings is 1. The predicted octanol–water partition coefficient (Wildman–Crippen LogP) is 2.83. The minimum absolute atomic E-state index is 0.241. The van der Waals surface area contributed by atoms with E-state index in [0.717, 1.165) is 25.3 Å². The molecule has 0 unspecified atom stereocenters. The fraction of sp³-hybridized carbons (Fsp3) is 0.647. The zero-order valence-electron chi connectivity index (χ0n) is 12.9. The van der Waals surface area contributed by atoms with Crippen LogP contribution >= 0.6 is 0 Å². The fourth-order valence-corrected chi connectivity index (χ4v) is 3.28. The van der Waals surface area contributed by atoms with Crippen molar-refractivity contribution in [2.45, 2.75) is 44.1 Å². The van der Waals surface area contributed by atoms with Gasteiger partial charge in [0.1, 0.15) is 5.75 Å². The van der Waals surface area contributed by atoms with Crippen LogP contribution in [0.1, 0.15) is 37.7 Å². The Morgan fingerprint density at radius 1 is 1.15 bits per heavy atom. The molecule has 1 aromatic rings. The maximum absolute atomic E-state index is 6.09. The Labute approximate surface area is 123 Å². The van der Waals surface area contributed by atoms with Crippen LogP contribution < -0.4 is 10.5 Å². The van der Waals surface area contributed by atoms with Crippen LogP contribution in [0.3, 0.4) is 0 Å². The number of nitrogens with zero attached hydrogens (tertiary/aromatic N) is 1. The highest BCUT2D eigenvalue weighted by Crippen LogP contribution is 2.32. The van der Waals surface area contributed by atoms with Gasteiger partial charge in [-0.2, -0.15) is 0 Å². The van der Waals surface area contributed by atoms with E-state index in [9.17, 15) is 0 Å². The number of likely N-dealkylation sites (N-methyl/N-ethyl adjacent to an activating group) is 1. The minimum atomic E-state index is 0.241. The molecule has 1 aliphatic rings. The maximum Gasteiger partial charge on any atom is 0.118 e. The number of hydrogen-bond acceptors (Lipinski definition) is 3. The number of ether oxygens (including phenoxy) is 1. The van der Waals surface area contributed by atoms with E-state index in [0.29, 0.717) is 0 Å². The molecule has 20 heavy (non-hydrogen) atoms. The first kappa shape index (κ1) is 15.3. The molecule has 1 aliphatic carbocycles. The smallest absolute Gasteiger partial charge is 0.118 e. The van der Waals surface area contributed by atoms with Crippen molar-refractivity contribution in [3.05, 3.63) is 29.8 Å². The van der Waals surface area contributed by atoms with Gasteiger partial charge in [-0.15, -0.1) is 0 Å². The van der Waals surface area contributed by atoms with Crippen LogP contribution in [-0.2, 0) is 6.42 Å². The van der Waals surface area contributed by atoms with Gasteiger partial charge in [-0.1, -0.05) is 31.4 Å². The molecule has 0 bridgehead atoms. The summed E-state index contributed by atoms with van der Waals surface area (Å²) in [5.41, 5.74) is 7.69. The second kappa shape index (κ2) is 7.09. The predicted molar refractivity (Wildman–Crippen MR) is 84.2 cm³/mol. The molecule has 0 atom stereocenters. The first-order valence-electron chi connectivity index (χ1n) is 7.74. The van der Waals surface area contributed by atoms with Crippen LogP contribution in [0.2, 0.25) is 0 Å². The first-order chi connectivity index (χ1) is 9.70. The summed E-state index contributed by atoms with van der Waals surface area (Å²) < 4.78 is 5.20. The second-order valence-electron chi connectivity index (χ2n) is 6.01. The van der Waals surface area contributed by atoms with Gasteiger partial charge >= 0.3 is 0 Å². The van der Waals surface area contributed by atoms with E-state index in [1.54, 1.807) is 7.11 Å². The van der Waals surface area contributed by atoms with E-state index in [2.05, 4.69) is 24.1 Å². The monoisotopic (exact) mass is 276 g/mol. The third-order valence-corrected chi connectivity index (χ3v) is 4.87. The SMILES string of the molecule is COc1ccc(CCN(C)C2(CN)CCCCC2)cc1. The summed E-state index contributed by atoms with van der Waals surface area (Å²) in [4.78, 5) is 2.50. The number of methoxy groups -OCH3 is 1. The Balaban J connectivity index is 1.91. The van der Waals surface area contributed by atoms with Crippen molar-refractivity contribution >= 4 is 0 Å². The normalized spacial score (nSPS) is 18.2. The standard InChI is InChI=1S/C17H28N2O/c1-19(17(14-18)11-4-3-5-12-17)13-10-15-6-8-16(20-2)9-7-15/h6-9H,3-5,10-14,18H2,1-2H3. The summed E-state index contributed by atoms with van der Waals surface area (Å²) in [6, 6.07) is 8.38. The van der Waals surface area contributed by atoms with E-state index in [4.69, 9.17) is 10.5 Å². The molecular formula is C17H28N2O. The topological polar surface area (TPSA) is 38.5 Å². The van der Waals surface area contributed by atoms with Crippen molar-refractivity contribution in [2.24, 2.45) is 5.73 Å². The number of hydrogen-bond donors (Lipinski definition) is 1. The molecule has 0 aliphatic heterocycles. The molecule has 112 valence electrons. The third kappa shape index (κ3) is 3.53. The highest BCUT2D eigenvalue weighted by atomic mass is 16.5. The van der Waals surface area contributed by atoms with Gasteiger partial charge in [0.05, 0.1) is 7.11 Å². The van der Waals surface area contributed by atoms with Gasteiger partial charge < -0.3 is 10.5 Å². The molecule has 3 heteroatoms. The highest BCUT2D eigenvalue weighted by molar-refractivity contribution is 5.27. The molecule has 0 aromatic heterocycles. The number of rotatable bonds is 6. The third-order valence-electron chi connectivity index (χ3n) is 4.87. The quantitative estimate of drug-likeness (QED) is 0.868. The molecule has 2 N–H and O–H groups in total. The zero-order valence-corrected chi connectivity index (χ0v) is 12.9. The first-order valence-corrected chi connectivity index (χ1v) is 7.74. The van der Waals surface area contributed by atoms with Crippen LogP contribution in [0.4, 0.5) is 0 Å². The molecular weight excluding hydrogens is 248 g/mol. The Kier molecular flexibility index (Phi) is 5.44. The zero-order chi connectivity index (χ0) is 14.4. The average molecular weight is 276 g/mol.